The summed E-state index contributed by atoms with van der Waals surface area (Å²) in [7, 11) is 1.73. The summed E-state index contributed by atoms with van der Waals surface area (Å²) >= 11 is 0. The Morgan fingerprint density at radius 2 is 1.90 bits per heavy atom. The van der Waals surface area contributed by atoms with Crippen LogP contribution >= 0.6 is 0 Å². The maximum Gasteiger partial charge on any atom is 0.223 e. The second-order valence-electron chi connectivity index (χ2n) is 8.50. The van der Waals surface area contributed by atoms with Gasteiger partial charge < -0.3 is 14.6 Å². The highest BCUT2D eigenvalue weighted by atomic mass is 16.5. The molecule has 3 aromatic rings. The third-order valence-electron chi connectivity index (χ3n) is 6.02. The van der Waals surface area contributed by atoms with Gasteiger partial charge in [0.15, 0.2) is 5.82 Å². The summed E-state index contributed by atoms with van der Waals surface area (Å²) in [5.74, 6) is 2.71. The number of methoxy groups -OCH3 is 1. The predicted molar refractivity (Wildman–Crippen MR) is 121 cm³/mol. The van der Waals surface area contributed by atoms with Crippen LogP contribution in [0.5, 0.6) is 5.75 Å². The molecule has 4 rings (SSSR count). The minimum Gasteiger partial charge on any atom is -0.496 e. The van der Waals surface area contributed by atoms with Crippen LogP contribution in [0, 0.1) is 5.92 Å². The molecule has 1 aliphatic rings. The molecule has 2 heterocycles. The van der Waals surface area contributed by atoms with E-state index in [0.717, 1.165) is 50.0 Å². The molecule has 0 fully saturated rings. The number of ether oxygens (including phenoxy) is 1. The van der Waals surface area contributed by atoms with Crippen molar-refractivity contribution in [2.75, 3.05) is 20.2 Å². The summed E-state index contributed by atoms with van der Waals surface area (Å²) in [5, 5.41) is 14.3. The molecule has 0 aliphatic carbocycles. The van der Waals surface area contributed by atoms with E-state index in [1.165, 1.54) is 16.3 Å². The maximum atomic E-state index is 12.1. The molecule has 164 valence electrons. The second-order valence-corrected chi connectivity index (χ2v) is 8.50. The molecule has 7 nitrogen and oxygen atoms in total. The number of hydrogen-bond acceptors (Lipinski definition) is 5. The fourth-order valence-corrected chi connectivity index (χ4v) is 4.21. The van der Waals surface area contributed by atoms with Crippen LogP contribution in [0.1, 0.15) is 44.0 Å². The Bertz CT molecular complexity index is 1080. The van der Waals surface area contributed by atoms with Gasteiger partial charge in [0.25, 0.3) is 0 Å². The number of hydrogen-bond donors (Lipinski definition) is 1. The number of amides is 1. The van der Waals surface area contributed by atoms with Crippen molar-refractivity contribution in [1.29, 1.82) is 0 Å². The van der Waals surface area contributed by atoms with Crippen LogP contribution < -0.4 is 10.1 Å². The lowest BCUT2D eigenvalue weighted by atomic mass is 10.0. The van der Waals surface area contributed by atoms with Gasteiger partial charge in [-0.2, -0.15) is 0 Å². The Labute approximate surface area is 183 Å². The molecule has 0 unspecified atom stereocenters. The van der Waals surface area contributed by atoms with E-state index in [-0.39, 0.29) is 17.9 Å². The van der Waals surface area contributed by atoms with Crippen molar-refractivity contribution in [3.63, 3.8) is 0 Å². The van der Waals surface area contributed by atoms with Crippen molar-refractivity contribution in [2.24, 2.45) is 5.92 Å². The standard InChI is InChI=1S/C24H31N5O2/c1-16(2)24(30)25-17(3)23-27-26-22-11-12-28(13-14-29(22)23)15-20-19-8-6-5-7-18(19)9-10-21(20)31-4/h5-10,16-17H,11-15H2,1-4H3,(H,25,30)/t17-/m0/s1. The normalized spacial score (nSPS) is 15.5. The number of nitrogens with zero attached hydrogens (tertiary/aromatic N) is 4. The number of rotatable bonds is 6. The molecule has 0 saturated carbocycles. The molecular weight excluding hydrogens is 390 g/mol. The minimum absolute atomic E-state index is 0.0307. The van der Waals surface area contributed by atoms with Crippen LogP contribution in [0.4, 0.5) is 0 Å². The molecule has 0 spiro atoms. The minimum atomic E-state index is -0.166. The maximum absolute atomic E-state index is 12.1. The Balaban J connectivity index is 1.52. The zero-order valence-electron chi connectivity index (χ0n) is 18.8. The molecule has 31 heavy (non-hydrogen) atoms. The van der Waals surface area contributed by atoms with Crippen molar-refractivity contribution in [2.45, 2.75) is 46.3 Å². The van der Waals surface area contributed by atoms with E-state index in [1.54, 1.807) is 7.11 Å². The van der Waals surface area contributed by atoms with Crippen molar-refractivity contribution < 1.29 is 9.53 Å². The van der Waals surface area contributed by atoms with Gasteiger partial charge in [-0.3, -0.25) is 9.69 Å². The number of carbonyl (C=O) groups is 1. The Morgan fingerprint density at radius 1 is 1.10 bits per heavy atom. The van der Waals surface area contributed by atoms with E-state index < -0.39 is 0 Å². The van der Waals surface area contributed by atoms with Gasteiger partial charge in [0, 0.05) is 44.1 Å². The molecule has 2 aromatic carbocycles. The molecule has 1 aromatic heterocycles. The molecule has 1 aliphatic heterocycles. The van der Waals surface area contributed by atoms with Crippen LogP contribution in [-0.4, -0.2) is 45.8 Å². The van der Waals surface area contributed by atoms with Crippen LogP contribution in [0.15, 0.2) is 36.4 Å². The van der Waals surface area contributed by atoms with Gasteiger partial charge in [-0.1, -0.05) is 44.2 Å². The van der Waals surface area contributed by atoms with E-state index in [0.29, 0.717) is 0 Å². The Kier molecular flexibility index (Phi) is 6.23. The van der Waals surface area contributed by atoms with Crippen molar-refractivity contribution in [3.05, 3.63) is 53.6 Å². The van der Waals surface area contributed by atoms with Gasteiger partial charge >= 0.3 is 0 Å². The van der Waals surface area contributed by atoms with Gasteiger partial charge in [-0.05, 0) is 23.8 Å². The Hall–Kier alpha value is -2.93. The topological polar surface area (TPSA) is 72.3 Å². The van der Waals surface area contributed by atoms with Gasteiger partial charge in [0.05, 0.1) is 13.2 Å². The molecule has 1 amide bonds. The van der Waals surface area contributed by atoms with Gasteiger partial charge in [0.2, 0.25) is 5.91 Å². The molecule has 0 bridgehead atoms. The monoisotopic (exact) mass is 421 g/mol. The van der Waals surface area contributed by atoms with E-state index in [1.807, 2.05) is 20.8 Å². The average molecular weight is 422 g/mol. The summed E-state index contributed by atoms with van der Waals surface area (Å²) < 4.78 is 7.86. The zero-order valence-corrected chi connectivity index (χ0v) is 18.8. The van der Waals surface area contributed by atoms with E-state index in [9.17, 15) is 4.79 Å². The SMILES string of the molecule is COc1ccc2ccccc2c1CN1CCc2nnc([C@H](C)NC(=O)C(C)C)n2CC1. The zero-order chi connectivity index (χ0) is 22.0. The summed E-state index contributed by atoms with van der Waals surface area (Å²) in [6, 6.07) is 12.5. The lowest BCUT2D eigenvalue weighted by Crippen LogP contribution is -2.32. The lowest BCUT2D eigenvalue weighted by Gasteiger charge is -2.22. The third kappa shape index (κ3) is 4.42. The van der Waals surface area contributed by atoms with Gasteiger partial charge in [0.1, 0.15) is 11.6 Å². The molecule has 7 heteroatoms. The first-order valence-corrected chi connectivity index (χ1v) is 11.0. The number of carbonyl (C=O) groups excluding carboxylic acids is 1. The highest BCUT2D eigenvalue weighted by Gasteiger charge is 2.24. The quantitative estimate of drug-likeness (QED) is 0.661. The van der Waals surface area contributed by atoms with Crippen LogP contribution in [0.25, 0.3) is 10.8 Å². The Morgan fingerprint density at radius 3 is 2.68 bits per heavy atom. The van der Waals surface area contributed by atoms with Crippen molar-refractivity contribution >= 4 is 16.7 Å². The average Bonchev–Trinajstić information content (AvgIpc) is 3.08. The molecule has 0 radical (unpaired) electrons. The highest BCUT2D eigenvalue weighted by molar-refractivity contribution is 5.87. The summed E-state index contributed by atoms with van der Waals surface area (Å²) in [5.41, 5.74) is 1.22. The molecular formula is C24H31N5O2. The summed E-state index contributed by atoms with van der Waals surface area (Å²) in [4.78, 5) is 14.6. The highest BCUT2D eigenvalue weighted by Crippen LogP contribution is 2.29. The largest absolute Gasteiger partial charge is 0.496 e. The summed E-state index contributed by atoms with van der Waals surface area (Å²) in [6.45, 7) is 9.16. The lowest BCUT2D eigenvalue weighted by molar-refractivity contribution is -0.124. The number of aromatic nitrogens is 3. The molecule has 0 saturated heterocycles. The molecule has 1 N–H and O–H groups in total. The van der Waals surface area contributed by atoms with E-state index in [2.05, 4.69) is 61.4 Å². The molecule has 1 atom stereocenters. The third-order valence-corrected chi connectivity index (χ3v) is 6.02. The fraction of sp³-hybridized carbons (Fsp3) is 0.458. The predicted octanol–water partition coefficient (Wildman–Crippen LogP) is 3.33. The van der Waals surface area contributed by atoms with Gasteiger partial charge in [-0.15, -0.1) is 10.2 Å². The number of nitrogens with one attached hydrogen (secondary N) is 1. The van der Waals surface area contributed by atoms with Gasteiger partial charge in [-0.25, -0.2) is 0 Å². The van der Waals surface area contributed by atoms with Crippen LogP contribution in [-0.2, 0) is 24.3 Å². The first-order valence-electron chi connectivity index (χ1n) is 11.0. The van der Waals surface area contributed by atoms with E-state index in [4.69, 9.17) is 4.74 Å². The number of fused-ring (bicyclic) bond motifs is 2. The van der Waals surface area contributed by atoms with Crippen molar-refractivity contribution in [1.82, 2.24) is 25.0 Å². The van der Waals surface area contributed by atoms with Crippen molar-refractivity contribution in [3.8, 4) is 5.75 Å². The fourth-order valence-electron chi connectivity index (χ4n) is 4.21. The van der Waals surface area contributed by atoms with Crippen LogP contribution in [0.2, 0.25) is 0 Å². The first-order chi connectivity index (χ1) is 15.0. The van der Waals surface area contributed by atoms with Crippen LogP contribution in [0.3, 0.4) is 0 Å². The first kappa shape index (κ1) is 21.3. The second kappa shape index (κ2) is 9.06. The van der Waals surface area contributed by atoms with E-state index >= 15 is 0 Å². The number of benzene rings is 2. The summed E-state index contributed by atoms with van der Waals surface area (Å²) in [6.07, 6.45) is 0.824. The smallest absolute Gasteiger partial charge is 0.223 e.